The van der Waals surface area contributed by atoms with Crippen molar-refractivity contribution in [3.63, 3.8) is 0 Å². The highest BCUT2D eigenvalue weighted by atomic mass is 16.5. The van der Waals surface area contributed by atoms with Gasteiger partial charge < -0.3 is 15.4 Å². The van der Waals surface area contributed by atoms with Crippen molar-refractivity contribution in [2.75, 3.05) is 17.7 Å². The van der Waals surface area contributed by atoms with Gasteiger partial charge in [0.1, 0.15) is 11.6 Å². The molecule has 0 amide bonds. The van der Waals surface area contributed by atoms with Gasteiger partial charge in [0.25, 0.3) is 0 Å². The molecule has 6 heteroatoms. The number of pyridine rings is 1. The number of aromatic nitrogens is 3. The van der Waals surface area contributed by atoms with Gasteiger partial charge in [0.15, 0.2) is 0 Å². The highest BCUT2D eigenvalue weighted by Crippen LogP contribution is 2.28. The van der Waals surface area contributed by atoms with E-state index in [1.165, 1.54) is 0 Å². The van der Waals surface area contributed by atoms with Crippen molar-refractivity contribution in [1.82, 2.24) is 15.0 Å². The van der Waals surface area contributed by atoms with E-state index in [4.69, 9.17) is 4.74 Å². The summed E-state index contributed by atoms with van der Waals surface area (Å²) in [6.07, 6.45) is 1.75. The largest absolute Gasteiger partial charge is 0.495 e. The van der Waals surface area contributed by atoms with Gasteiger partial charge >= 0.3 is 0 Å². The van der Waals surface area contributed by atoms with Crippen LogP contribution >= 0.6 is 0 Å². The van der Waals surface area contributed by atoms with Crippen LogP contribution in [0.5, 0.6) is 5.75 Å². The first-order chi connectivity index (χ1) is 12.2. The van der Waals surface area contributed by atoms with Crippen LogP contribution in [0.3, 0.4) is 0 Å². The molecule has 0 saturated carbocycles. The number of nitrogens with zero attached hydrogens (tertiary/aromatic N) is 3. The standard InChI is InChI=1S/C19H21N5O/c1-13(2)21-19-23-16(14-8-6-7-11-20-14)12-18(24-19)22-15-9-4-5-10-17(15)25-3/h4-13H,1-3H3,(H2,21,22,23,24). The lowest BCUT2D eigenvalue weighted by molar-refractivity contribution is 0.417. The minimum absolute atomic E-state index is 0.220. The van der Waals surface area contributed by atoms with Crippen molar-refractivity contribution in [1.29, 1.82) is 0 Å². The Labute approximate surface area is 147 Å². The summed E-state index contributed by atoms with van der Waals surface area (Å²) in [5.41, 5.74) is 2.38. The predicted molar refractivity (Wildman–Crippen MR) is 100 cm³/mol. The second kappa shape index (κ2) is 7.61. The average molecular weight is 335 g/mol. The van der Waals surface area contributed by atoms with Gasteiger partial charge in [-0.1, -0.05) is 18.2 Å². The summed E-state index contributed by atoms with van der Waals surface area (Å²) in [6, 6.07) is 15.5. The molecule has 0 aliphatic rings. The molecule has 0 aliphatic heterocycles. The van der Waals surface area contributed by atoms with Gasteiger partial charge in [-0.05, 0) is 38.1 Å². The molecule has 0 atom stereocenters. The summed E-state index contributed by atoms with van der Waals surface area (Å²) >= 11 is 0. The van der Waals surface area contributed by atoms with E-state index >= 15 is 0 Å². The molecule has 0 aliphatic carbocycles. The van der Waals surface area contributed by atoms with Gasteiger partial charge in [0, 0.05) is 18.3 Å². The summed E-state index contributed by atoms with van der Waals surface area (Å²) < 4.78 is 5.39. The molecule has 3 rings (SSSR count). The second-order valence-corrected chi connectivity index (χ2v) is 5.80. The summed E-state index contributed by atoms with van der Waals surface area (Å²) in [6.45, 7) is 4.09. The third-order valence-electron chi connectivity index (χ3n) is 3.44. The zero-order chi connectivity index (χ0) is 17.6. The van der Waals surface area contributed by atoms with E-state index in [1.807, 2.05) is 62.4 Å². The van der Waals surface area contributed by atoms with Gasteiger partial charge in [0.2, 0.25) is 5.95 Å². The maximum Gasteiger partial charge on any atom is 0.225 e. The Morgan fingerprint density at radius 1 is 0.960 bits per heavy atom. The molecule has 0 bridgehead atoms. The third kappa shape index (κ3) is 4.23. The average Bonchev–Trinajstić information content (AvgIpc) is 2.62. The van der Waals surface area contributed by atoms with Crippen LogP contribution in [0.25, 0.3) is 11.4 Å². The van der Waals surface area contributed by atoms with Gasteiger partial charge in [-0.15, -0.1) is 0 Å². The molecule has 6 nitrogen and oxygen atoms in total. The van der Waals surface area contributed by atoms with Crippen LogP contribution in [-0.2, 0) is 0 Å². The molecular weight excluding hydrogens is 314 g/mol. The normalized spacial score (nSPS) is 10.6. The number of nitrogens with one attached hydrogen (secondary N) is 2. The number of benzene rings is 1. The lowest BCUT2D eigenvalue weighted by Gasteiger charge is -2.14. The number of ether oxygens (including phenoxy) is 1. The monoisotopic (exact) mass is 335 g/mol. The van der Waals surface area contributed by atoms with Gasteiger partial charge in [-0.2, -0.15) is 4.98 Å². The maximum atomic E-state index is 5.39. The Kier molecular flexibility index (Phi) is 5.09. The zero-order valence-electron chi connectivity index (χ0n) is 14.5. The number of rotatable bonds is 6. The van der Waals surface area contributed by atoms with Crippen molar-refractivity contribution in [2.45, 2.75) is 19.9 Å². The second-order valence-electron chi connectivity index (χ2n) is 5.80. The molecule has 128 valence electrons. The van der Waals surface area contributed by atoms with E-state index in [1.54, 1.807) is 13.3 Å². The Bertz CT molecular complexity index is 836. The highest BCUT2D eigenvalue weighted by molar-refractivity contribution is 5.68. The molecule has 0 spiro atoms. The van der Waals surface area contributed by atoms with Crippen molar-refractivity contribution in [3.05, 3.63) is 54.7 Å². The molecule has 2 aromatic heterocycles. The Balaban J connectivity index is 2.00. The summed E-state index contributed by atoms with van der Waals surface area (Å²) in [7, 11) is 1.64. The molecule has 0 fully saturated rings. The predicted octanol–water partition coefficient (Wildman–Crippen LogP) is 4.11. The summed E-state index contributed by atoms with van der Waals surface area (Å²) in [5, 5.41) is 6.55. The van der Waals surface area contributed by atoms with Crippen molar-refractivity contribution < 1.29 is 4.74 Å². The molecule has 0 unspecified atom stereocenters. The van der Waals surface area contributed by atoms with Crippen LogP contribution in [0.4, 0.5) is 17.5 Å². The Morgan fingerprint density at radius 2 is 1.76 bits per heavy atom. The first-order valence-electron chi connectivity index (χ1n) is 8.13. The molecule has 0 radical (unpaired) electrons. The number of hydrogen-bond acceptors (Lipinski definition) is 6. The maximum absolute atomic E-state index is 5.39. The molecule has 2 N–H and O–H groups in total. The summed E-state index contributed by atoms with van der Waals surface area (Å²) in [4.78, 5) is 13.5. The first-order valence-corrected chi connectivity index (χ1v) is 8.13. The van der Waals surface area contributed by atoms with E-state index in [0.717, 1.165) is 22.8 Å². The van der Waals surface area contributed by atoms with Crippen LogP contribution in [0.15, 0.2) is 54.7 Å². The van der Waals surface area contributed by atoms with Crippen molar-refractivity contribution >= 4 is 17.5 Å². The SMILES string of the molecule is COc1ccccc1Nc1cc(-c2ccccn2)nc(NC(C)C)n1. The van der Waals surface area contributed by atoms with E-state index in [0.29, 0.717) is 11.8 Å². The quantitative estimate of drug-likeness (QED) is 0.706. The number of hydrogen-bond donors (Lipinski definition) is 2. The van der Waals surface area contributed by atoms with Crippen molar-refractivity contribution in [3.8, 4) is 17.1 Å². The number of anilines is 3. The van der Waals surface area contributed by atoms with Gasteiger partial charge in [-0.25, -0.2) is 4.98 Å². The van der Waals surface area contributed by atoms with Crippen LogP contribution in [-0.4, -0.2) is 28.1 Å². The molecule has 25 heavy (non-hydrogen) atoms. The van der Waals surface area contributed by atoms with E-state index in [9.17, 15) is 0 Å². The summed E-state index contributed by atoms with van der Waals surface area (Å²) in [5.74, 6) is 1.97. The van der Waals surface area contributed by atoms with Crippen LogP contribution in [0, 0.1) is 0 Å². The topological polar surface area (TPSA) is 72.0 Å². The van der Waals surface area contributed by atoms with E-state index < -0.39 is 0 Å². The van der Waals surface area contributed by atoms with Crippen molar-refractivity contribution in [2.24, 2.45) is 0 Å². The fourth-order valence-corrected chi connectivity index (χ4v) is 2.37. The molecule has 3 aromatic rings. The number of para-hydroxylation sites is 2. The lowest BCUT2D eigenvalue weighted by atomic mass is 10.2. The smallest absolute Gasteiger partial charge is 0.225 e. The Morgan fingerprint density at radius 3 is 2.48 bits per heavy atom. The number of methoxy groups -OCH3 is 1. The lowest BCUT2D eigenvalue weighted by Crippen LogP contribution is -2.13. The molecule has 2 heterocycles. The fraction of sp³-hybridized carbons (Fsp3) is 0.211. The van der Waals surface area contributed by atoms with Gasteiger partial charge in [0.05, 0.1) is 24.2 Å². The minimum Gasteiger partial charge on any atom is -0.495 e. The minimum atomic E-state index is 0.220. The van der Waals surface area contributed by atoms with Gasteiger partial charge in [-0.3, -0.25) is 4.98 Å². The van der Waals surface area contributed by atoms with E-state index in [2.05, 4.69) is 25.6 Å². The molecular formula is C19H21N5O. The first kappa shape index (κ1) is 16.7. The van der Waals surface area contributed by atoms with E-state index in [-0.39, 0.29) is 6.04 Å². The molecule has 1 aromatic carbocycles. The zero-order valence-corrected chi connectivity index (χ0v) is 14.5. The van der Waals surface area contributed by atoms with Crippen LogP contribution < -0.4 is 15.4 Å². The Hall–Kier alpha value is -3.15. The highest BCUT2D eigenvalue weighted by Gasteiger charge is 2.10. The fourth-order valence-electron chi connectivity index (χ4n) is 2.37. The van der Waals surface area contributed by atoms with Crippen LogP contribution in [0.1, 0.15) is 13.8 Å². The third-order valence-corrected chi connectivity index (χ3v) is 3.44. The van der Waals surface area contributed by atoms with Crippen LogP contribution in [0.2, 0.25) is 0 Å². The molecule has 0 saturated heterocycles.